The van der Waals surface area contributed by atoms with Crippen LogP contribution in [0.4, 0.5) is 0 Å². The molecule has 1 unspecified atom stereocenters. The SMILES string of the molecule is CCNC(C)CCNC1C(C)(C)C1(C)C. The molecule has 1 aliphatic rings. The van der Waals surface area contributed by atoms with Crippen LogP contribution in [0.25, 0.3) is 0 Å². The first kappa shape index (κ1) is 13.0. The molecule has 0 aromatic carbocycles. The highest BCUT2D eigenvalue weighted by molar-refractivity contribution is 5.17. The Morgan fingerprint density at radius 1 is 1.13 bits per heavy atom. The molecule has 0 aliphatic heterocycles. The van der Waals surface area contributed by atoms with Crippen LogP contribution in [0.1, 0.15) is 48.0 Å². The Morgan fingerprint density at radius 3 is 2.07 bits per heavy atom. The van der Waals surface area contributed by atoms with E-state index in [0.29, 0.717) is 22.9 Å². The molecule has 0 saturated heterocycles. The molecule has 1 rings (SSSR count). The minimum atomic E-state index is 0.467. The van der Waals surface area contributed by atoms with Gasteiger partial charge in [0.15, 0.2) is 0 Å². The van der Waals surface area contributed by atoms with Gasteiger partial charge in [-0.05, 0) is 37.3 Å². The molecular formula is C13H28N2. The number of nitrogens with one attached hydrogen (secondary N) is 2. The van der Waals surface area contributed by atoms with Crippen LogP contribution < -0.4 is 10.6 Å². The maximum atomic E-state index is 3.69. The van der Waals surface area contributed by atoms with Crippen molar-refractivity contribution in [3.63, 3.8) is 0 Å². The molecule has 0 spiro atoms. The Morgan fingerprint density at radius 2 is 1.67 bits per heavy atom. The van der Waals surface area contributed by atoms with E-state index in [1.54, 1.807) is 0 Å². The van der Waals surface area contributed by atoms with E-state index in [4.69, 9.17) is 0 Å². The van der Waals surface area contributed by atoms with Crippen molar-refractivity contribution in [3.05, 3.63) is 0 Å². The fourth-order valence-corrected chi connectivity index (χ4v) is 2.60. The molecule has 0 bridgehead atoms. The molecule has 0 heterocycles. The Balaban J connectivity index is 2.18. The van der Waals surface area contributed by atoms with Gasteiger partial charge in [0.05, 0.1) is 0 Å². The van der Waals surface area contributed by atoms with Gasteiger partial charge in [-0.2, -0.15) is 0 Å². The first-order chi connectivity index (χ1) is 6.84. The van der Waals surface area contributed by atoms with Crippen LogP contribution in [0.15, 0.2) is 0 Å². The normalized spacial score (nSPS) is 25.2. The summed E-state index contributed by atoms with van der Waals surface area (Å²) in [6.07, 6.45) is 1.22. The van der Waals surface area contributed by atoms with Crippen LogP contribution in [0.2, 0.25) is 0 Å². The van der Waals surface area contributed by atoms with E-state index in [-0.39, 0.29) is 0 Å². The molecule has 90 valence electrons. The zero-order valence-electron chi connectivity index (χ0n) is 11.3. The van der Waals surface area contributed by atoms with Crippen molar-refractivity contribution >= 4 is 0 Å². The fraction of sp³-hybridized carbons (Fsp3) is 1.00. The van der Waals surface area contributed by atoms with Crippen LogP contribution in [-0.2, 0) is 0 Å². The summed E-state index contributed by atoms with van der Waals surface area (Å²) in [5.41, 5.74) is 0.933. The lowest BCUT2D eigenvalue weighted by Crippen LogP contribution is -2.31. The van der Waals surface area contributed by atoms with Crippen LogP contribution in [-0.4, -0.2) is 25.2 Å². The topological polar surface area (TPSA) is 24.1 Å². The molecule has 1 saturated carbocycles. The van der Waals surface area contributed by atoms with Crippen LogP contribution in [0, 0.1) is 10.8 Å². The lowest BCUT2D eigenvalue weighted by Gasteiger charge is -2.13. The highest BCUT2D eigenvalue weighted by Crippen LogP contribution is 2.62. The van der Waals surface area contributed by atoms with Crippen molar-refractivity contribution < 1.29 is 0 Å². The molecule has 2 heteroatoms. The van der Waals surface area contributed by atoms with Gasteiger partial charge in [0, 0.05) is 12.1 Å². The van der Waals surface area contributed by atoms with Gasteiger partial charge in [0.2, 0.25) is 0 Å². The smallest absolute Gasteiger partial charge is 0.0181 e. The van der Waals surface area contributed by atoms with Crippen LogP contribution in [0.5, 0.6) is 0 Å². The average molecular weight is 212 g/mol. The van der Waals surface area contributed by atoms with Gasteiger partial charge in [-0.15, -0.1) is 0 Å². The minimum absolute atomic E-state index is 0.467. The van der Waals surface area contributed by atoms with E-state index < -0.39 is 0 Å². The summed E-state index contributed by atoms with van der Waals surface area (Å²) in [4.78, 5) is 0. The molecular weight excluding hydrogens is 184 g/mol. The van der Waals surface area contributed by atoms with Crippen LogP contribution in [0.3, 0.4) is 0 Å². The molecule has 0 amide bonds. The first-order valence-corrected chi connectivity index (χ1v) is 6.30. The van der Waals surface area contributed by atoms with E-state index in [0.717, 1.165) is 13.1 Å². The zero-order chi connectivity index (χ0) is 11.7. The van der Waals surface area contributed by atoms with Crippen molar-refractivity contribution in [2.24, 2.45) is 10.8 Å². The highest BCUT2D eigenvalue weighted by Gasteiger charge is 2.64. The molecule has 0 radical (unpaired) electrons. The van der Waals surface area contributed by atoms with E-state index in [2.05, 4.69) is 52.2 Å². The lowest BCUT2D eigenvalue weighted by atomic mass is 10.0. The molecule has 1 aliphatic carbocycles. The van der Waals surface area contributed by atoms with Gasteiger partial charge >= 0.3 is 0 Å². The summed E-state index contributed by atoms with van der Waals surface area (Å²) in [6, 6.07) is 1.33. The van der Waals surface area contributed by atoms with Gasteiger partial charge in [0.1, 0.15) is 0 Å². The monoisotopic (exact) mass is 212 g/mol. The van der Waals surface area contributed by atoms with Gasteiger partial charge in [0.25, 0.3) is 0 Å². The summed E-state index contributed by atoms with van der Waals surface area (Å²) < 4.78 is 0. The van der Waals surface area contributed by atoms with Crippen molar-refractivity contribution in [2.75, 3.05) is 13.1 Å². The summed E-state index contributed by atoms with van der Waals surface area (Å²) in [5.74, 6) is 0. The number of hydrogen-bond acceptors (Lipinski definition) is 2. The molecule has 2 nitrogen and oxygen atoms in total. The Kier molecular flexibility index (Phi) is 3.83. The Labute approximate surface area is 95.2 Å². The Hall–Kier alpha value is -0.0800. The highest BCUT2D eigenvalue weighted by atomic mass is 15.0. The first-order valence-electron chi connectivity index (χ1n) is 6.30. The van der Waals surface area contributed by atoms with Crippen molar-refractivity contribution in [1.82, 2.24) is 10.6 Å². The maximum absolute atomic E-state index is 3.69. The van der Waals surface area contributed by atoms with Gasteiger partial charge in [-0.3, -0.25) is 0 Å². The summed E-state index contributed by atoms with van der Waals surface area (Å²) >= 11 is 0. The van der Waals surface area contributed by atoms with E-state index >= 15 is 0 Å². The molecule has 2 N–H and O–H groups in total. The van der Waals surface area contributed by atoms with Gasteiger partial charge in [-0.1, -0.05) is 34.6 Å². The summed E-state index contributed by atoms with van der Waals surface area (Å²) in [5, 5.41) is 7.13. The summed E-state index contributed by atoms with van der Waals surface area (Å²) in [7, 11) is 0. The quantitative estimate of drug-likeness (QED) is 0.706. The maximum Gasteiger partial charge on any atom is 0.0181 e. The van der Waals surface area contributed by atoms with Crippen molar-refractivity contribution in [3.8, 4) is 0 Å². The minimum Gasteiger partial charge on any atom is -0.314 e. The molecule has 0 aromatic heterocycles. The third kappa shape index (κ3) is 2.54. The van der Waals surface area contributed by atoms with Crippen LogP contribution >= 0.6 is 0 Å². The molecule has 1 atom stereocenters. The second kappa shape index (κ2) is 4.42. The second-order valence-corrected chi connectivity index (χ2v) is 6.08. The average Bonchev–Trinajstić information content (AvgIpc) is 2.48. The largest absolute Gasteiger partial charge is 0.314 e. The van der Waals surface area contributed by atoms with E-state index in [1.807, 2.05) is 0 Å². The van der Waals surface area contributed by atoms with Crippen molar-refractivity contribution in [2.45, 2.75) is 60.0 Å². The number of rotatable bonds is 6. The lowest BCUT2D eigenvalue weighted by molar-refractivity contribution is 0.457. The standard InChI is InChI=1S/C13H28N2/c1-7-14-10(2)8-9-15-11-12(3,4)13(11,5)6/h10-11,14-15H,7-9H2,1-6H3. The van der Waals surface area contributed by atoms with Gasteiger partial charge < -0.3 is 10.6 Å². The third-order valence-corrected chi connectivity index (χ3v) is 4.50. The van der Waals surface area contributed by atoms with E-state index in [1.165, 1.54) is 6.42 Å². The Bertz CT molecular complexity index is 195. The number of hydrogen-bond donors (Lipinski definition) is 2. The van der Waals surface area contributed by atoms with E-state index in [9.17, 15) is 0 Å². The molecule has 15 heavy (non-hydrogen) atoms. The molecule has 0 aromatic rings. The second-order valence-electron chi connectivity index (χ2n) is 6.08. The zero-order valence-corrected chi connectivity index (χ0v) is 11.3. The molecule has 1 fully saturated rings. The fourth-order valence-electron chi connectivity index (χ4n) is 2.60. The predicted octanol–water partition coefficient (Wildman–Crippen LogP) is 2.40. The van der Waals surface area contributed by atoms with Gasteiger partial charge in [-0.25, -0.2) is 0 Å². The third-order valence-electron chi connectivity index (χ3n) is 4.50. The summed E-state index contributed by atoms with van der Waals surface area (Å²) in [6.45, 7) is 16.1. The predicted molar refractivity (Wildman–Crippen MR) is 67.1 cm³/mol. The van der Waals surface area contributed by atoms with Crippen molar-refractivity contribution in [1.29, 1.82) is 0 Å².